The van der Waals surface area contributed by atoms with Gasteiger partial charge in [0.25, 0.3) is 0 Å². The molecule has 2 N–H and O–H groups in total. The van der Waals surface area contributed by atoms with Gasteiger partial charge in [-0.15, -0.1) is 0 Å². The molecule has 0 heterocycles. The SMILES string of the molecule is O=C(O)C1CCC(S(=O)(=O)NC2CC3C=CC2C3)CC1. The molecule has 112 valence electrons. The molecule has 2 fully saturated rings. The van der Waals surface area contributed by atoms with Crippen LogP contribution >= 0.6 is 0 Å². The van der Waals surface area contributed by atoms with E-state index in [1.165, 1.54) is 0 Å². The fraction of sp³-hybridized carbons (Fsp3) is 0.786. The number of carbonyl (C=O) groups is 1. The summed E-state index contributed by atoms with van der Waals surface area (Å²) in [7, 11) is -3.32. The highest BCUT2D eigenvalue weighted by Gasteiger charge is 2.40. The minimum absolute atomic E-state index is 0.0483. The first kappa shape index (κ1) is 14.1. The lowest BCUT2D eigenvalue weighted by molar-refractivity contribution is -0.142. The van der Waals surface area contributed by atoms with E-state index in [-0.39, 0.29) is 12.0 Å². The molecule has 3 rings (SSSR count). The van der Waals surface area contributed by atoms with E-state index in [4.69, 9.17) is 5.11 Å². The number of carboxylic acids is 1. The van der Waals surface area contributed by atoms with Crippen LogP contribution in [-0.4, -0.2) is 30.8 Å². The summed E-state index contributed by atoms with van der Waals surface area (Å²) in [5.74, 6) is -0.278. The van der Waals surface area contributed by atoms with Gasteiger partial charge in [-0.25, -0.2) is 13.1 Å². The van der Waals surface area contributed by atoms with Gasteiger partial charge in [0.2, 0.25) is 10.0 Å². The molecule has 20 heavy (non-hydrogen) atoms. The molecular formula is C14H21NO4S. The number of carboxylic acid groups (broad SMARTS) is 1. The van der Waals surface area contributed by atoms with Crippen LogP contribution in [0.2, 0.25) is 0 Å². The lowest BCUT2D eigenvalue weighted by atomic mass is 9.89. The molecule has 0 amide bonds. The van der Waals surface area contributed by atoms with Crippen molar-refractivity contribution in [2.45, 2.75) is 49.8 Å². The van der Waals surface area contributed by atoms with Crippen molar-refractivity contribution in [3.05, 3.63) is 12.2 Å². The molecule has 6 heteroatoms. The topological polar surface area (TPSA) is 83.5 Å². The molecule has 0 aromatic rings. The normalized spacial score (nSPS) is 40.1. The van der Waals surface area contributed by atoms with Gasteiger partial charge in [0.05, 0.1) is 11.2 Å². The predicted octanol–water partition coefficient (Wildman–Crippen LogP) is 1.51. The molecular weight excluding hydrogens is 278 g/mol. The van der Waals surface area contributed by atoms with E-state index >= 15 is 0 Å². The summed E-state index contributed by atoms with van der Waals surface area (Å²) in [6.07, 6.45) is 8.15. The van der Waals surface area contributed by atoms with E-state index in [2.05, 4.69) is 16.9 Å². The zero-order valence-corrected chi connectivity index (χ0v) is 12.2. The molecule has 2 bridgehead atoms. The smallest absolute Gasteiger partial charge is 0.306 e. The number of hydrogen-bond acceptors (Lipinski definition) is 3. The van der Waals surface area contributed by atoms with Crippen molar-refractivity contribution in [3.63, 3.8) is 0 Å². The first-order valence-electron chi connectivity index (χ1n) is 7.38. The summed E-state index contributed by atoms with van der Waals surface area (Å²) < 4.78 is 27.7. The molecule has 0 aromatic carbocycles. The molecule has 3 atom stereocenters. The third-order valence-corrected chi connectivity index (χ3v) is 7.04. The largest absolute Gasteiger partial charge is 0.481 e. The van der Waals surface area contributed by atoms with Crippen LogP contribution in [0.1, 0.15) is 38.5 Å². The van der Waals surface area contributed by atoms with Crippen molar-refractivity contribution in [3.8, 4) is 0 Å². The van der Waals surface area contributed by atoms with Gasteiger partial charge in [-0.2, -0.15) is 0 Å². The molecule has 3 aliphatic carbocycles. The molecule has 2 saturated carbocycles. The monoisotopic (exact) mass is 299 g/mol. The maximum atomic E-state index is 12.4. The summed E-state index contributed by atoms with van der Waals surface area (Å²) in [6.45, 7) is 0. The third-order valence-electron chi connectivity index (χ3n) is 5.06. The van der Waals surface area contributed by atoms with E-state index in [9.17, 15) is 13.2 Å². The minimum Gasteiger partial charge on any atom is -0.481 e. The second-order valence-corrected chi connectivity index (χ2v) is 8.35. The maximum absolute atomic E-state index is 12.4. The number of aliphatic carboxylic acids is 1. The molecule has 0 radical (unpaired) electrons. The second kappa shape index (κ2) is 5.15. The van der Waals surface area contributed by atoms with Crippen LogP contribution in [0.15, 0.2) is 12.2 Å². The van der Waals surface area contributed by atoms with Crippen molar-refractivity contribution >= 4 is 16.0 Å². The highest BCUT2D eigenvalue weighted by molar-refractivity contribution is 7.90. The van der Waals surface area contributed by atoms with Crippen LogP contribution in [0.3, 0.4) is 0 Å². The van der Waals surface area contributed by atoms with Crippen LogP contribution in [0.4, 0.5) is 0 Å². The van der Waals surface area contributed by atoms with Crippen LogP contribution in [0.25, 0.3) is 0 Å². The number of nitrogens with one attached hydrogen (secondary N) is 1. The van der Waals surface area contributed by atoms with Gasteiger partial charge >= 0.3 is 5.97 Å². The molecule has 0 spiro atoms. The number of rotatable bonds is 4. The van der Waals surface area contributed by atoms with Gasteiger partial charge in [-0.1, -0.05) is 12.2 Å². The average molecular weight is 299 g/mol. The fourth-order valence-corrected chi connectivity index (χ4v) is 5.62. The Bertz CT molecular complexity index is 519. The Hall–Kier alpha value is -0.880. The van der Waals surface area contributed by atoms with Gasteiger partial charge < -0.3 is 5.11 Å². The maximum Gasteiger partial charge on any atom is 0.306 e. The highest BCUT2D eigenvalue weighted by Crippen LogP contribution is 2.40. The summed E-state index contributed by atoms with van der Waals surface area (Å²) in [4.78, 5) is 10.9. The minimum atomic E-state index is -3.32. The first-order chi connectivity index (χ1) is 9.45. The van der Waals surface area contributed by atoms with Crippen LogP contribution in [0, 0.1) is 17.8 Å². The van der Waals surface area contributed by atoms with E-state index < -0.39 is 21.2 Å². The molecule has 3 aliphatic rings. The Labute approximate surface area is 119 Å². The van der Waals surface area contributed by atoms with Crippen molar-refractivity contribution in [1.29, 1.82) is 0 Å². The van der Waals surface area contributed by atoms with Crippen LogP contribution in [0.5, 0.6) is 0 Å². The van der Waals surface area contributed by atoms with Crippen LogP contribution in [-0.2, 0) is 14.8 Å². The number of allylic oxidation sites excluding steroid dienone is 1. The molecule has 3 unspecified atom stereocenters. The second-order valence-electron chi connectivity index (χ2n) is 6.36. The summed E-state index contributed by atoms with van der Waals surface area (Å²) in [5.41, 5.74) is 0. The standard InChI is InChI=1S/C14H21NO4S/c16-14(17)10-3-5-12(6-4-10)20(18,19)15-13-8-9-1-2-11(13)7-9/h1-2,9-13,15H,3-8H2,(H,16,17). The summed E-state index contributed by atoms with van der Waals surface area (Å²) in [5, 5.41) is 8.54. The Kier molecular flexibility index (Phi) is 3.62. The van der Waals surface area contributed by atoms with E-state index in [0.717, 1.165) is 12.8 Å². The van der Waals surface area contributed by atoms with Crippen molar-refractivity contribution in [2.24, 2.45) is 17.8 Å². The zero-order chi connectivity index (χ0) is 14.3. The summed E-state index contributed by atoms with van der Waals surface area (Å²) in [6, 6.07) is 0.0483. The van der Waals surface area contributed by atoms with Crippen molar-refractivity contribution in [2.75, 3.05) is 0 Å². The molecule has 0 aromatic heterocycles. The van der Waals surface area contributed by atoms with E-state index in [1.807, 2.05) is 0 Å². The Morgan fingerprint density at radius 2 is 1.80 bits per heavy atom. The van der Waals surface area contributed by atoms with Gasteiger partial charge in [0.1, 0.15) is 0 Å². The van der Waals surface area contributed by atoms with Gasteiger partial charge in [0.15, 0.2) is 0 Å². The van der Waals surface area contributed by atoms with E-state index in [1.54, 1.807) is 0 Å². The third kappa shape index (κ3) is 2.63. The van der Waals surface area contributed by atoms with Crippen LogP contribution < -0.4 is 4.72 Å². The number of hydrogen-bond donors (Lipinski definition) is 2. The number of fused-ring (bicyclic) bond motifs is 2. The highest BCUT2D eigenvalue weighted by atomic mass is 32.2. The quantitative estimate of drug-likeness (QED) is 0.771. The Morgan fingerprint density at radius 3 is 2.30 bits per heavy atom. The lowest BCUT2D eigenvalue weighted by Crippen LogP contribution is -2.44. The zero-order valence-electron chi connectivity index (χ0n) is 11.4. The molecule has 0 aliphatic heterocycles. The lowest BCUT2D eigenvalue weighted by Gasteiger charge is -2.28. The average Bonchev–Trinajstić information content (AvgIpc) is 3.00. The molecule has 5 nitrogen and oxygen atoms in total. The van der Waals surface area contributed by atoms with Crippen molar-refractivity contribution < 1.29 is 18.3 Å². The van der Waals surface area contributed by atoms with Gasteiger partial charge in [0, 0.05) is 6.04 Å². The van der Waals surface area contributed by atoms with E-state index in [0.29, 0.717) is 37.5 Å². The predicted molar refractivity (Wildman–Crippen MR) is 74.6 cm³/mol. The van der Waals surface area contributed by atoms with Gasteiger partial charge in [-0.3, -0.25) is 4.79 Å². The Morgan fingerprint density at radius 1 is 1.10 bits per heavy atom. The fourth-order valence-electron chi connectivity index (χ4n) is 3.84. The first-order valence-corrected chi connectivity index (χ1v) is 8.92. The van der Waals surface area contributed by atoms with Gasteiger partial charge in [-0.05, 0) is 50.4 Å². The Balaban J connectivity index is 1.59. The number of sulfonamides is 1. The van der Waals surface area contributed by atoms with Crippen molar-refractivity contribution in [1.82, 2.24) is 4.72 Å². The molecule has 0 saturated heterocycles. The summed E-state index contributed by atoms with van der Waals surface area (Å²) >= 11 is 0.